The van der Waals surface area contributed by atoms with E-state index >= 15 is 0 Å². The van der Waals surface area contributed by atoms with Crippen molar-refractivity contribution >= 4 is 34.9 Å². The number of rotatable bonds is 3. The molecular weight excluding hydrogens is 301 g/mol. The lowest BCUT2D eigenvalue weighted by atomic mass is 10.2. The molecule has 0 saturated carbocycles. The second-order valence-electron chi connectivity index (χ2n) is 4.28. The number of hydrogen-bond acceptors (Lipinski definition) is 4. The first-order valence-electron chi connectivity index (χ1n) is 5.80. The Labute approximate surface area is 126 Å². The summed E-state index contributed by atoms with van der Waals surface area (Å²) in [6.07, 6.45) is 0. The maximum Gasteiger partial charge on any atom is 0.359 e. The summed E-state index contributed by atoms with van der Waals surface area (Å²) in [5.74, 6) is -0.554. The van der Waals surface area contributed by atoms with Gasteiger partial charge in [0.15, 0.2) is 5.69 Å². The average Bonchev–Trinajstić information content (AvgIpc) is 2.64. The third-order valence-corrected chi connectivity index (χ3v) is 3.43. The van der Waals surface area contributed by atoms with Gasteiger partial charge in [-0.3, -0.25) is 4.68 Å². The van der Waals surface area contributed by atoms with Crippen LogP contribution in [-0.2, 0) is 18.4 Å². The molecule has 0 spiro atoms. The first-order chi connectivity index (χ1) is 9.40. The van der Waals surface area contributed by atoms with E-state index in [1.165, 1.54) is 4.68 Å². The van der Waals surface area contributed by atoms with Crippen LogP contribution in [0, 0.1) is 6.92 Å². The molecule has 2 rings (SSSR count). The molecule has 0 radical (unpaired) electrons. The minimum Gasteiger partial charge on any atom is -0.456 e. The van der Waals surface area contributed by atoms with Crippen LogP contribution in [0.5, 0.6) is 0 Å². The SMILES string of the molecule is Cc1nn(C)c(C(=O)OCc2cc(Cl)ccc2Cl)c1N. The number of nitrogens with two attached hydrogens (primary N) is 1. The zero-order valence-electron chi connectivity index (χ0n) is 11.0. The topological polar surface area (TPSA) is 70.1 Å². The summed E-state index contributed by atoms with van der Waals surface area (Å²) < 4.78 is 6.60. The van der Waals surface area contributed by atoms with E-state index in [-0.39, 0.29) is 12.3 Å². The van der Waals surface area contributed by atoms with E-state index in [4.69, 9.17) is 33.7 Å². The third-order valence-electron chi connectivity index (χ3n) is 2.83. The number of benzene rings is 1. The summed E-state index contributed by atoms with van der Waals surface area (Å²) >= 11 is 11.9. The Morgan fingerprint density at radius 3 is 2.75 bits per heavy atom. The van der Waals surface area contributed by atoms with Crippen molar-refractivity contribution in [1.29, 1.82) is 0 Å². The van der Waals surface area contributed by atoms with Crippen molar-refractivity contribution in [3.63, 3.8) is 0 Å². The van der Waals surface area contributed by atoms with E-state index in [9.17, 15) is 4.79 Å². The number of aromatic nitrogens is 2. The molecule has 1 aromatic heterocycles. The summed E-state index contributed by atoms with van der Waals surface area (Å²) in [5, 5.41) is 5.07. The van der Waals surface area contributed by atoms with E-state index in [1.54, 1.807) is 32.2 Å². The number of aryl methyl sites for hydroxylation is 2. The highest BCUT2D eigenvalue weighted by Crippen LogP contribution is 2.22. The van der Waals surface area contributed by atoms with Crippen LogP contribution >= 0.6 is 23.2 Å². The van der Waals surface area contributed by atoms with Crippen LogP contribution in [-0.4, -0.2) is 15.7 Å². The molecule has 0 aliphatic carbocycles. The van der Waals surface area contributed by atoms with Crippen molar-refractivity contribution in [3.05, 3.63) is 45.2 Å². The Morgan fingerprint density at radius 2 is 2.15 bits per heavy atom. The fourth-order valence-corrected chi connectivity index (χ4v) is 2.15. The second-order valence-corrected chi connectivity index (χ2v) is 5.13. The normalized spacial score (nSPS) is 10.6. The van der Waals surface area contributed by atoms with Crippen molar-refractivity contribution in [2.24, 2.45) is 7.05 Å². The van der Waals surface area contributed by atoms with Gasteiger partial charge in [-0.2, -0.15) is 5.10 Å². The van der Waals surface area contributed by atoms with Crippen LogP contribution < -0.4 is 5.73 Å². The summed E-state index contributed by atoms with van der Waals surface area (Å²) in [5.41, 5.74) is 7.55. The molecule has 1 aromatic carbocycles. The van der Waals surface area contributed by atoms with Crippen molar-refractivity contribution in [2.45, 2.75) is 13.5 Å². The van der Waals surface area contributed by atoms with Gasteiger partial charge in [-0.25, -0.2) is 4.79 Å². The zero-order valence-corrected chi connectivity index (χ0v) is 12.5. The maximum absolute atomic E-state index is 12.0. The number of nitrogens with zero attached hydrogens (tertiary/aromatic N) is 2. The molecule has 0 atom stereocenters. The summed E-state index contributed by atoms with van der Waals surface area (Å²) in [6, 6.07) is 4.96. The van der Waals surface area contributed by atoms with Gasteiger partial charge in [-0.05, 0) is 25.1 Å². The van der Waals surface area contributed by atoms with Crippen LogP contribution in [0.1, 0.15) is 21.7 Å². The van der Waals surface area contributed by atoms with E-state index in [0.717, 1.165) is 0 Å². The summed E-state index contributed by atoms with van der Waals surface area (Å²) in [6.45, 7) is 1.74. The molecule has 2 N–H and O–H groups in total. The Hall–Kier alpha value is -1.72. The molecule has 0 unspecified atom stereocenters. The highest BCUT2D eigenvalue weighted by molar-refractivity contribution is 6.33. The monoisotopic (exact) mass is 313 g/mol. The second kappa shape index (κ2) is 5.73. The van der Waals surface area contributed by atoms with Crippen molar-refractivity contribution < 1.29 is 9.53 Å². The van der Waals surface area contributed by atoms with Gasteiger partial charge in [0.05, 0.1) is 11.4 Å². The average molecular weight is 314 g/mol. The fraction of sp³-hybridized carbons (Fsp3) is 0.231. The Kier molecular flexibility index (Phi) is 4.20. The van der Waals surface area contributed by atoms with E-state index in [2.05, 4.69) is 5.10 Å². The molecule has 0 aliphatic rings. The molecular formula is C13H13Cl2N3O2. The van der Waals surface area contributed by atoms with Gasteiger partial charge in [0.2, 0.25) is 0 Å². The Balaban J connectivity index is 2.15. The van der Waals surface area contributed by atoms with E-state index in [1.807, 2.05) is 0 Å². The predicted molar refractivity (Wildman–Crippen MR) is 77.9 cm³/mol. The largest absolute Gasteiger partial charge is 0.456 e. The molecule has 1 heterocycles. The van der Waals surface area contributed by atoms with Crippen molar-refractivity contribution in [1.82, 2.24) is 9.78 Å². The molecule has 20 heavy (non-hydrogen) atoms. The number of esters is 1. The molecule has 7 heteroatoms. The zero-order chi connectivity index (χ0) is 14.9. The Morgan fingerprint density at radius 1 is 1.45 bits per heavy atom. The number of nitrogen functional groups attached to an aromatic ring is 1. The number of carbonyl (C=O) groups excluding carboxylic acids is 1. The minimum atomic E-state index is -0.554. The Bertz CT molecular complexity index is 668. The van der Waals surface area contributed by atoms with Gasteiger partial charge in [-0.15, -0.1) is 0 Å². The lowest BCUT2D eigenvalue weighted by Gasteiger charge is -2.07. The van der Waals surface area contributed by atoms with Gasteiger partial charge in [0, 0.05) is 22.7 Å². The van der Waals surface area contributed by atoms with E-state index < -0.39 is 5.97 Å². The first-order valence-corrected chi connectivity index (χ1v) is 6.56. The maximum atomic E-state index is 12.0. The van der Waals surface area contributed by atoms with Crippen LogP contribution in [0.15, 0.2) is 18.2 Å². The van der Waals surface area contributed by atoms with Crippen molar-refractivity contribution in [3.8, 4) is 0 Å². The van der Waals surface area contributed by atoms with Gasteiger partial charge >= 0.3 is 5.97 Å². The van der Waals surface area contributed by atoms with Crippen LogP contribution in [0.2, 0.25) is 10.0 Å². The third kappa shape index (κ3) is 2.89. The van der Waals surface area contributed by atoms with E-state index in [0.29, 0.717) is 27.0 Å². The lowest BCUT2D eigenvalue weighted by Crippen LogP contribution is -2.12. The summed E-state index contributed by atoms with van der Waals surface area (Å²) in [7, 11) is 1.63. The molecule has 0 saturated heterocycles. The van der Waals surface area contributed by atoms with Crippen molar-refractivity contribution in [2.75, 3.05) is 5.73 Å². The summed E-state index contributed by atoms with van der Waals surface area (Å²) in [4.78, 5) is 12.0. The number of ether oxygens (including phenoxy) is 1. The highest BCUT2D eigenvalue weighted by atomic mass is 35.5. The van der Waals surface area contributed by atoms with Crippen LogP contribution in [0.3, 0.4) is 0 Å². The smallest absolute Gasteiger partial charge is 0.359 e. The van der Waals surface area contributed by atoms with Crippen LogP contribution in [0.25, 0.3) is 0 Å². The number of anilines is 1. The lowest BCUT2D eigenvalue weighted by molar-refractivity contribution is 0.0461. The fourth-order valence-electron chi connectivity index (χ4n) is 1.78. The van der Waals surface area contributed by atoms with Gasteiger partial charge in [0.1, 0.15) is 6.61 Å². The number of halogens is 2. The quantitative estimate of drug-likeness (QED) is 0.884. The molecule has 106 valence electrons. The number of carbonyl (C=O) groups is 1. The molecule has 5 nitrogen and oxygen atoms in total. The predicted octanol–water partition coefficient (Wildman–Crippen LogP) is 2.97. The number of hydrogen-bond donors (Lipinski definition) is 1. The molecule has 0 amide bonds. The van der Waals surface area contributed by atoms with Gasteiger partial charge in [-0.1, -0.05) is 23.2 Å². The molecule has 0 bridgehead atoms. The van der Waals surface area contributed by atoms with Gasteiger partial charge in [0.25, 0.3) is 0 Å². The van der Waals surface area contributed by atoms with Crippen LogP contribution in [0.4, 0.5) is 5.69 Å². The minimum absolute atomic E-state index is 0.0158. The first kappa shape index (κ1) is 14.7. The molecule has 2 aromatic rings. The standard InChI is InChI=1S/C13H13Cl2N3O2/c1-7-11(16)12(18(2)17-7)13(19)20-6-8-5-9(14)3-4-10(8)15/h3-5H,6,16H2,1-2H3. The van der Waals surface area contributed by atoms with Gasteiger partial charge < -0.3 is 10.5 Å². The molecule has 0 aliphatic heterocycles. The molecule has 0 fully saturated rings. The highest BCUT2D eigenvalue weighted by Gasteiger charge is 2.19.